The zero-order valence-electron chi connectivity index (χ0n) is 16.9. The topological polar surface area (TPSA) is 99.6 Å². The molecule has 0 atom stereocenters. The van der Waals surface area contributed by atoms with Crippen LogP contribution in [-0.4, -0.2) is 42.7 Å². The summed E-state index contributed by atoms with van der Waals surface area (Å²) in [5.41, 5.74) is 0.417. The maximum absolute atomic E-state index is 13.0. The molecular formula is C23H19N3O5. The number of nitrogens with zero attached hydrogens (tertiary/aromatic N) is 2. The molecular weight excluding hydrogens is 398 g/mol. The minimum absolute atomic E-state index is 0.0205. The second kappa shape index (κ2) is 8.66. The summed E-state index contributed by atoms with van der Waals surface area (Å²) >= 11 is 0. The molecule has 3 aromatic carbocycles. The van der Waals surface area contributed by atoms with Crippen LogP contribution >= 0.6 is 0 Å². The van der Waals surface area contributed by atoms with Crippen LogP contribution in [0, 0.1) is 0 Å². The number of ether oxygens (including phenoxy) is 3. The van der Waals surface area contributed by atoms with Gasteiger partial charge in [0.25, 0.3) is 5.91 Å². The molecule has 0 aliphatic heterocycles. The molecule has 8 nitrogen and oxygen atoms in total. The number of carbonyl (C=O) groups is 2. The third-order valence-corrected chi connectivity index (χ3v) is 4.66. The number of methoxy groups -OCH3 is 2. The van der Waals surface area contributed by atoms with Crippen LogP contribution in [0.2, 0.25) is 0 Å². The number of aromatic nitrogens is 2. The van der Waals surface area contributed by atoms with Gasteiger partial charge in [-0.25, -0.2) is 4.79 Å². The molecule has 156 valence electrons. The molecule has 0 aliphatic carbocycles. The number of hydrogen-bond donors (Lipinski definition) is 1. The highest BCUT2D eigenvalue weighted by Crippen LogP contribution is 2.29. The van der Waals surface area contributed by atoms with Crippen molar-refractivity contribution >= 4 is 39.4 Å². The predicted octanol–water partition coefficient (Wildman–Crippen LogP) is 3.60. The van der Waals surface area contributed by atoms with E-state index in [9.17, 15) is 9.59 Å². The van der Waals surface area contributed by atoms with Gasteiger partial charge in [0.05, 0.1) is 25.8 Å². The van der Waals surface area contributed by atoms with Crippen LogP contribution in [0.1, 0.15) is 10.4 Å². The lowest BCUT2D eigenvalue weighted by molar-refractivity contribution is -0.119. The highest BCUT2D eigenvalue weighted by atomic mass is 16.5. The SMILES string of the molecule is COc1cc(OC)nc(NC(=O)COC(=O)c2c3ccccc3cc3ccccc23)n1. The number of nitrogens with one attached hydrogen (secondary N) is 1. The van der Waals surface area contributed by atoms with Crippen LogP contribution in [0.3, 0.4) is 0 Å². The Balaban J connectivity index is 1.55. The number of amides is 1. The van der Waals surface area contributed by atoms with E-state index in [1.807, 2.05) is 54.6 Å². The van der Waals surface area contributed by atoms with Gasteiger partial charge in [-0.2, -0.15) is 9.97 Å². The van der Waals surface area contributed by atoms with Crippen molar-refractivity contribution in [2.24, 2.45) is 0 Å². The molecule has 0 fully saturated rings. The van der Waals surface area contributed by atoms with Crippen LogP contribution in [0.4, 0.5) is 5.95 Å². The smallest absolute Gasteiger partial charge is 0.339 e. The largest absolute Gasteiger partial charge is 0.481 e. The van der Waals surface area contributed by atoms with Crippen LogP contribution in [0.25, 0.3) is 21.5 Å². The van der Waals surface area contributed by atoms with Gasteiger partial charge in [-0.3, -0.25) is 10.1 Å². The number of fused-ring (bicyclic) bond motifs is 2. The van der Waals surface area contributed by atoms with E-state index in [1.54, 1.807) is 0 Å². The van der Waals surface area contributed by atoms with E-state index in [-0.39, 0.29) is 17.7 Å². The Morgan fingerprint density at radius 1 is 0.839 bits per heavy atom. The van der Waals surface area contributed by atoms with Crippen molar-refractivity contribution in [2.75, 3.05) is 26.1 Å². The van der Waals surface area contributed by atoms with E-state index in [0.717, 1.165) is 21.5 Å². The van der Waals surface area contributed by atoms with E-state index in [2.05, 4.69) is 15.3 Å². The summed E-state index contributed by atoms with van der Waals surface area (Å²) in [4.78, 5) is 33.3. The molecule has 1 aromatic heterocycles. The summed E-state index contributed by atoms with van der Waals surface area (Å²) < 4.78 is 15.4. The lowest BCUT2D eigenvalue weighted by Gasteiger charge is -2.11. The third kappa shape index (κ3) is 4.23. The minimum Gasteiger partial charge on any atom is -0.481 e. The monoisotopic (exact) mass is 417 g/mol. The molecule has 0 radical (unpaired) electrons. The molecule has 0 bridgehead atoms. The molecule has 0 unspecified atom stereocenters. The Morgan fingerprint density at radius 3 is 1.94 bits per heavy atom. The number of benzene rings is 3. The fourth-order valence-corrected chi connectivity index (χ4v) is 3.27. The van der Waals surface area contributed by atoms with Gasteiger partial charge in [0.1, 0.15) is 0 Å². The van der Waals surface area contributed by atoms with Crippen LogP contribution in [0.15, 0.2) is 60.7 Å². The van der Waals surface area contributed by atoms with Crippen LogP contribution in [-0.2, 0) is 9.53 Å². The van der Waals surface area contributed by atoms with Crippen molar-refractivity contribution in [1.82, 2.24) is 9.97 Å². The molecule has 0 saturated heterocycles. The van der Waals surface area contributed by atoms with Crippen molar-refractivity contribution in [3.8, 4) is 11.8 Å². The molecule has 0 spiro atoms. The fraction of sp³-hybridized carbons (Fsp3) is 0.130. The zero-order chi connectivity index (χ0) is 21.8. The quantitative estimate of drug-likeness (QED) is 0.378. The number of carbonyl (C=O) groups excluding carboxylic acids is 2. The summed E-state index contributed by atoms with van der Waals surface area (Å²) in [6.07, 6.45) is 0. The lowest BCUT2D eigenvalue weighted by Crippen LogP contribution is -2.22. The standard InChI is InChI=1S/C23H19N3O5/c1-29-19-12-20(30-2)26-23(25-19)24-18(27)13-31-22(28)21-16-9-5-3-7-14(16)11-15-8-4-6-10-17(15)21/h3-12H,13H2,1-2H3,(H,24,25,26,27). The number of rotatable bonds is 6. The van der Waals surface area contributed by atoms with Gasteiger partial charge in [-0.1, -0.05) is 48.5 Å². The second-order valence-electron chi connectivity index (χ2n) is 6.59. The molecule has 31 heavy (non-hydrogen) atoms. The van der Waals surface area contributed by atoms with Crippen molar-refractivity contribution in [3.05, 3.63) is 66.2 Å². The summed E-state index contributed by atoms with van der Waals surface area (Å²) in [6, 6.07) is 18.6. The average Bonchev–Trinajstić information content (AvgIpc) is 2.80. The van der Waals surface area contributed by atoms with Crippen molar-refractivity contribution in [1.29, 1.82) is 0 Å². The summed E-state index contributed by atoms with van der Waals surface area (Å²) in [5.74, 6) is -0.754. The lowest BCUT2D eigenvalue weighted by atomic mass is 9.97. The second-order valence-corrected chi connectivity index (χ2v) is 6.59. The summed E-state index contributed by atoms with van der Waals surface area (Å²) in [5, 5.41) is 5.81. The molecule has 4 rings (SSSR count). The van der Waals surface area contributed by atoms with Gasteiger partial charge in [0.2, 0.25) is 17.7 Å². The molecule has 0 aliphatic rings. The van der Waals surface area contributed by atoms with E-state index in [0.29, 0.717) is 5.56 Å². The Bertz CT molecular complexity index is 1210. The first-order valence-corrected chi connectivity index (χ1v) is 9.43. The maximum atomic E-state index is 13.0. The van der Waals surface area contributed by atoms with Gasteiger partial charge in [-0.15, -0.1) is 0 Å². The van der Waals surface area contributed by atoms with Gasteiger partial charge >= 0.3 is 5.97 Å². The van der Waals surface area contributed by atoms with E-state index >= 15 is 0 Å². The number of esters is 1. The van der Waals surface area contributed by atoms with Crippen molar-refractivity contribution in [2.45, 2.75) is 0 Å². The van der Waals surface area contributed by atoms with E-state index < -0.39 is 18.5 Å². The molecule has 1 N–H and O–H groups in total. The Morgan fingerprint density at radius 2 is 1.39 bits per heavy atom. The number of hydrogen-bond acceptors (Lipinski definition) is 7. The van der Waals surface area contributed by atoms with Gasteiger partial charge in [0.15, 0.2) is 6.61 Å². The third-order valence-electron chi connectivity index (χ3n) is 4.66. The van der Waals surface area contributed by atoms with Crippen molar-refractivity contribution < 1.29 is 23.8 Å². The summed E-state index contributed by atoms with van der Waals surface area (Å²) in [7, 11) is 2.87. The van der Waals surface area contributed by atoms with Crippen molar-refractivity contribution in [3.63, 3.8) is 0 Å². The Kier molecular flexibility index (Phi) is 5.61. The highest BCUT2D eigenvalue weighted by molar-refractivity contribution is 6.16. The average molecular weight is 417 g/mol. The zero-order valence-corrected chi connectivity index (χ0v) is 16.9. The molecule has 1 amide bonds. The first-order valence-electron chi connectivity index (χ1n) is 9.43. The normalized spacial score (nSPS) is 10.6. The number of anilines is 1. The van der Waals surface area contributed by atoms with Crippen LogP contribution < -0.4 is 14.8 Å². The Labute approximate surface area is 177 Å². The van der Waals surface area contributed by atoms with E-state index in [4.69, 9.17) is 14.2 Å². The molecule has 4 aromatic rings. The maximum Gasteiger partial charge on any atom is 0.339 e. The summed E-state index contributed by atoms with van der Waals surface area (Å²) in [6.45, 7) is -0.501. The minimum atomic E-state index is -0.590. The first kappa shape index (κ1) is 20.1. The highest BCUT2D eigenvalue weighted by Gasteiger charge is 2.18. The Hall–Kier alpha value is -4.20. The van der Waals surface area contributed by atoms with Gasteiger partial charge in [0, 0.05) is 0 Å². The fourth-order valence-electron chi connectivity index (χ4n) is 3.27. The molecule has 0 saturated carbocycles. The first-order chi connectivity index (χ1) is 15.1. The van der Waals surface area contributed by atoms with Crippen LogP contribution in [0.5, 0.6) is 11.8 Å². The predicted molar refractivity (Wildman–Crippen MR) is 116 cm³/mol. The van der Waals surface area contributed by atoms with Gasteiger partial charge < -0.3 is 14.2 Å². The molecule has 1 heterocycles. The molecule has 8 heteroatoms. The van der Waals surface area contributed by atoms with E-state index in [1.165, 1.54) is 20.3 Å². The van der Waals surface area contributed by atoms with Gasteiger partial charge in [-0.05, 0) is 27.6 Å².